The Morgan fingerprint density at radius 3 is 2.26 bits per heavy atom. The Bertz CT molecular complexity index is 1190. The lowest BCUT2D eigenvalue weighted by Crippen LogP contribution is -2.36. The van der Waals surface area contributed by atoms with Gasteiger partial charge in [0.05, 0.1) is 4.90 Å². The molecule has 0 aliphatic carbocycles. The van der Waals surface area contributed by atoms with Crippen molar-refractivity contribution < 1.29 is 17.6 Å². The summed E-state index contributed by atoms with van der Waals surface area (Å²) >= 11 is 0. The van der Waals surface area contributed by atoms with Crippen molar-refractivity contribution in [3.8, 4) is 0 Å². The first-order chi connectivity index (χ1) is 14.9. The largest absolute Gasteiger partial charge is 0.309 e. The van der Waals surface area contributed by atoms with Crippen LogP contribution in [0.2, 0.25) is 0 Å². The zero-order valence-electron chi connectivity index (χ0n) is 17.2. The summed E-state index contributed by atoms with van der Waals surface area (Å²) in [6.45, 7) is 2.99. The van der Waals surface area contributed by atoms with Gasteiger partial charge in [-0.15, -0.1) is 0 Å². The third kappa shape index (κ3) is 4.24. The average molecular weight is 439 g/mol. The number of rotatable bonds is 5. The fourth-order valence-electron chi connectivity index (χ4n) is 3.81. The van der Waals surface area contributed by atoms with Crippen molar-refractivity contribution in [1.82, 2.24) is 4.31 Å². The standard InChI is InChI=1S/C24H23FN2O3S/c1-2-27(22-11-9-21(25)10-12-22)24(28)19-7-13-23(14-8-19)31(29,30)26-16-15-18-5-3-4-6-20(18)17-26/h3-14H,2,15-17H2,1H3. The van der Waals surface area contributed by atoms with E-state index in [9.17, 15) is 17.6 Å². The van der Waals surface area contributed by atoms with Gasteiger partial charge in [-0.2, -0.15) is 4.31 Å². The van der Waals surface area contributed by atoms with Crippen molar-refractivity contribution >= 4 is 21.6 Å². The first-order valence-electron chi connectivity index (χ1n) is 10.1. The Kier molecular flexibility index (Phi) is 5.89. The van der Waals surface area contributed by atoms with E-state index in [1.165, 1.54) is 51.2 Å². The maximum atomic E-state index is 13.2. The van der Waals surface area contributed by atoms with Crippen LogP contribution in [-0.2, 0) is 23.0 Å². The van der Waals surface area contributed by atoms with Gasteiger partial charge in [0.2, 0.25) is 10.0 Å². The highest BCUT2D eigenvalue weighted by Crippen LogP contribution is 2.25. The number of fused-ring (bicyclic) bond motifs is 1. The molecule has 1 heterocycles. The molecule has 0 saturated heterocycles. The molecule has 0 atom stereocenters. The van der Waals surface area contributed by atoms with Crippen molar-refractivity contribution in [3.05, 3.63) is 95.3 Å². The van der Waals surface area contributed by atoms with E-state index < -0.39 is 10.0 Å². The van der Waals surface area contributed by atoms with E-state index in [-0.39, 0.29) is 16.6 Å². The molecule has 1 amide bonds. The number of amides is 1. The molecule has 0 fully saturated rings. The molecule has 0 radical (unpaired) electrons. The van der Waals surface area contributed by atoms with Crippen molar-refractivity contribution in [2.75, 3.05) is 18.0 Å². The minimum absolute atomic E-state index is 0.160. The van der Waals surface area contributed by atoms with Crippen molar-refractivity contribution in [1.29, 1.82) is 0 Å². The van der Waals surface area contributed by atoms with Gasteiger partial charge in [0, 0.05) is 30.9 Å². The number of hydrogen-bond donors (Lipinski definition) is 0. The van der Waals surface area contributed by atoms with Gasteiger partial charge in [-0.3, -0.25) is 4.79 Å². The maximum absolute atomic E-state index is 13.2. The lowest BCUT2D eigenvalue weighted by molar-refractivity contribution is 0.0988. The van der Waals surface area contributed by atoms with Gasteiger partial charge in [0.1, 0.15) is 5.82 Å². The quantitative estimate of drug-likeness (QED) is 0.599. The van der Waals surface area contributed by atoms with E-state index in [1.54, 1.807) is 12.1 Å². The second-order valence-electron chi connectivity index (χ2n) is 7.41. The highest BCUT2D eigenvalue weighted by Gasteiger charge is 2.28. The molecule has 0 spiro atoms. The lowest BCUT2D eigenvalue weighted by atomic mass is 10.0. The second-order valence-corrected chi connectivity index (χ2v) is 9.35. The number of sulfonamides is 1. The molecule has 3 aromatic rings. The molecule has 0 unspecified atom stereocenters. The second kappa shape index (κ2) is 8.61. The third-order valence-electron chi connectivity index (χ3n) is 5.53. The van der Waals surface area contributed by atoms with Gasteiger partial charge in [0.15, 0.2) is 0 Å². The summed E-state index contributed by atoms with van der Waals surface area (Å²) in [5.41, 5.74) is 3.14. The molecule has 5 nitrogen and oxygen atoms in total. The number of hydrogen-bond acceptors (Lipinski definition) is 3. The van der Waals surface area contributed by atoms with Crippen molar-refractivity contribution in [2.24, 2.45) is 0 Å². The van der Waals surface area contributed by atoms with E-state index in [4.69, 9.17) is 0 Å². The zero-order chi connectivity index (χ0) is 22.0. The van der Waals surface area contributed by atoms with Crippen molar-refractivity contribution in [2.45, 2.75) is 24.8 Å². The third-order valence-corrected chi connectivity index (χ3v) is 7.39. The van der Waals surface area contributed by atoms with Gasteiger partial charge in [-0.25, -0.2) is 12.8 Å². The molecule has 4 rings (SSSR count). The van der Waals surface area contributed by atoms with E-state index in [0.717, 1.165) is 5.56 Å². The lowest BCUT2D eigenvalue weighted by Gasteiger charge is -2.28. The summed E-state index contributed by atoms with van der Waals surface area (Å²) in [6, 6.07) is 19.6. The Hall–Kier alpha value is -3.03. The van der Waals surface area contributed by atoms with Crippen LogP contribution >= 0.6 is 0 Å². The normalized spacial score (nSPS) is 14.1. The minimum Gasteiger partial charge on any atom is -0.309 e. The van der Waals surface area contributed by atoms with Crippen LogP contribution in [0.5, 0.6) is 0 Å². The highest BCUT2D eigenvalue weighted by molar-refractivity contribution is 7.89. The summed E-state index contributed by atoms with van der Waals surface area (Å²) in [6.07, 6.45) is 0.676. The molecular weight excluding hydrogens is 415 g/mol. The zero-order valence-corrected chi connectivity index (χ0v) is 18.0. The number of nitrogens with zero attached hydrogens (tertiary/aromatic N) is 2. The van der Waals surface area contributed by atoms with Gasteiger partial charge >= 0.3 is 0 Å². The Morgan fingerprint density at radius 2 is 1.61 bits per heavy atom. The fourth-order valence-corrected chi connectivity index (χ4v) is 5.23. The molecule has 0 aromatic heterocycles. The first kappa shape index (κ1) is 21.2. The molecule has 160 valence electrons. The van der Waals surface area contributed by atoms with Crippen LogP contribution in [0.1, 0.15) is 28.4 Å². The Labute approximate surface area is 181 Å². The van der Waals surface area contributed by atoms with E-state index in [2.05, 4.69) is 0 Å². The smallest absolute Gasteiger partial charge is 0.258 e. The van der Waals surface area contributed by atoms with Crippen molar-refractivity contribution in [3.63, 3.8) is 0 Å². The molecule has 0 N–H and O–H groups in total. The van der Waals surface area contributed by atoms with Crippen LogP contribution in [-0.4, -0.2) is 31.7 Å². The Morgan fingerprint density at radius 1 is 0.968 bits per heavy atom. The topological polar surface area (TPSA) is 57.7 Å². The van der Waals surface area contributed by atoms with Gasteiger partial charge in [-0.05, 0) is 73.0 Å². The molecule has 1 aliphatic heterocycles. The summed E-state index contributed by atoms with van der Waals surface area (Å²) in [7, 11) is -3.66. The number of benzene rings is 3. The number of carbonyl (C=O) groups is 1. The van der Waals surface area contributed by atoms with Gasteiger partial charge in [0.25, 0.3) is 5.91 Å². The number of halogens is 1. The molecule has 7 heteroatoms. The molecule has 0 saturated carbocycles. The van der Waals surface area contributed by atoms with E-state index in [0.29, 0.717) is 37.3 Å². The van der Waals surface area contributed by atoms with Crippen LogP contribution in [0.3, 0.4) is 0 Å². The van der Waals surface area contributed by atoms with E-state index >= 15 is 0 Å². The van der Waals surface area contributed by atoms with Crippen LogP contribution in [0.4, 0.5) is 10.1 Å². The summed E-state index contributed by atoms with van der Waals surface area (Å²) in [5.74, 6) is -0.646. The molecule has 1 aliphatic rings. The maximum Gasteiger partial charge on any atom is 0.258 e. The number of carbonyl (C=O) groups excluding carboxylic acids is 1. The highest BCUT2D eigenvalue weighted by atomic mass is 32.2. The predicted molar refractivity (Wildman–Crippen MR) is 118 cm³/mol. The molecule has 0 bridgehead atoms. The van der Waals surface area contributed by atoms with Crippen LogP contribution < -0.4 is 4.90 Å². The summed E-state index contributed by atoms with van der Waals surface area (Å²) in [4.78, 5) is 14.6. The van der Waals surface area contributed by atoms with Crippen LogP contribution in [0.25, 0.3) is 0 Å². The molecule has 31 heavy (non-hydrogen) atoms. The fraction of sp³-hybridized carbons (Fsp3) is 0.208. The van der Waals surface area contributed by atoms with E-state index in [1.807, 2.05) is 31.2 Å². The monoisotopic (exact) mass is 438 g/mol. The summed E-state index contributed by atoms with van der Waals surface area (Å²) < 4.78 is 40.9. The molecule has 3 aromatic carbocycles. The average Bonchev–Trinajstić information content (AvgIpc) is 2.80. The molecular formula is C24H23FN2O3S. The van der Waals surface area contributed by atoms with Crippen LogP contribution in [0, 0.1) is 5.82 Å². The Balaban J connectivity index is 1.54. The number of anilines is 1. The first-order valence-corrected chi connectivity index (χ1v) is 11.6. The summed E-state index contributed by atoms with van der Waals surface area (Å²) in [5, 5.41) is 0. The van der Waals surface area contributed by atoms with Gasteiger partial charge < -0.3 is 4.90 Å². The SMILES string of the molecule is CCN(C(=O)c1ccc(S(=O)(=O)N2CCc3ccccc3C2)cc1)c1ccc(F)cc1. The predicted octanol–water partition coefficient (Wildman–Crippen LogP) is 4.24. The van der Waals surface area contributed by atoms with Gasteiger partial charge in [-0.1, -0.05) is 24.3 Å². The minimum atomic E-state index is -3.66. The van der Waals surface area contributed by atoms with Crippen LogP contribution in [0.15, 0.2) is 77.7 Å².